The topological polar surface area (TPSA) is 55.8 Å². The fourth-order valence-electron chi connectivity index (χ4n) is 2.40. The maximum atomic E-state index is 12.2. The number of likely N-dealkylation sites (tertiary alicyclic amines) is 1. The van der Waals surface area contributed by atoms with Crippen LogP contribution in [0.25, 0.3) is 0 Å². The van der Waals surface area contributed by atoms with E-state index in [1.165, 1.54) is 0 Å². The van der Waals surface area contributed by atoms with Crippen LogP contribution >= 0.6 is 0 Å². The molecule has 0 saturated carbocycles. The maximum Gasteiger partial charge on any atom is 0.335 e. The van der Waals surface area contributed by atoms with E-state index in [1.54, 1.807) is 25.1 Å². The summed E-state index contributed by atoms with van der Waals surface area (Å²) in [6.07, 6.45) is 3.11. The fourth-order valence-corrected chi connectivity index (χ4v) is 2.40. The number of esters is 1. The monoisotopic (exact) mass is 317 g/mol. The molecule has 5 nitrogen and oxygen atoms in total. The molecule has 0 N–H and O–H groups in total. The third-order valence-electron chi connectivity index (χ3n) is 3.77. The van der Waals surface area contributed by atoms with E-state index >= 15 is 0 Å². The summed E-state index contributed by atoms with van der Waals surface area (Å²) in [6.45, 7) is 7.31. The van der Waals surface area contributed by atoms with Crippen LogP contribution in [0.4, 0.5) is 0 Å². The van der Waals surface area contributed by atoms with Crippen LogP contribution in [0, 0.1) is 0 Å². The zero-order chi connectivity index (χ0) is 16.7. The molecule has 1 atom stereocenters. The predicted octanol–water partition coefficient (Wildman–Crippen LogP) is 2.56. The van der Waals surface area contributed by atoms with Crippen molar-refractivity contribution in [1.82, 2.24) is 4.90 Å². The number of hydrogen-bond acceptors (Lipinski definition) is 4. The molecular weight excluding hydrogens is 294 g/mol. The highest BCUT2D eigenvalue weighted by Crippen LogP contribution is 2.14. The number of carbonyl (C=O) groups is 2. The first kappa shape index (κ1) is 17.2. The van der Waals surface area contributed by atoms with Crippen LogP contribution in [-0.4, -0.2) is 42.6 Å². The Hall–Kier alpha value is -2.14. The summed E-state index contributed by atoms with van der Waals surface area (Å²) >= 11 is 0. The van der Waals surface area contributed by atoms with Crippen molar-refractivity contribution in [3.63, 3.8) is 0 Å². The third-order valence-corrected chi connectivity index (χ3v) is 3.77. The highest BCUT2D eigenvalue weighted by molar-refractivity contribution is 5.94. The SMILES string of the molecule is C=CCOC(C)C(=O)OCc1ccc(C(=O)N2CCCC2)cc1. The molecule has 1 aromatic rings. The molecule has 2 rings (SSSR count). The van der Waals surface area contributed by atoms with Crippen LogP contribution in [0.1, 0.15) is 35.7 Å². The van der Waals surface area contributed by atoms with E-state index in [1.807, 2.05) is 17.0 Å². The van der Waals surface area contributed by atoms with Gasteiger partial charge in [-0.1, -0.05) is 18.2 Å². The Kier molecular flexibility index (Phi) is 6.35. The summed E-state index contributed by atoms with van der Waals surface area (Å²) in [5.41, 5.74) is 1.51. The smallest absolute Gasteiger partial charge is 0.335 e. The van der Waals surface area contributed by atoms with Crippen molar-refractivity contribution in [2.45, 2.75) is 32.5 Å². The molecule has 0 aromatic heterocycles. The van der Waals surface area contributed by atoms with Crippen LogP contribution in [0.3, 0.4) is 0 Å². The second-order valence-corrected chi connectivity index (χ2v) is 5.57. The van der Waals surface area contributed by atoms with Gasteiger partial charge in [-0.2, -0.15) is 0 Å². The highest BCUT2D eigenvalue weighted by atomic mass is 16.6. The summed E-state index contributed by atoms with van der Waals surface area (Å²) in [5, 5.41) is 0. The van der Waals surface area contributed by atoms with E-state index in [4.69, 9.17) is 9.47 Å². The van der Waals surface area contributed by atoms with Crippen LogP contribution in [0.2, 0.25) is 0 Å². The minimum atomic E-state index is -0.621. The van der Waals surface area contributed by atoms with Gasteiger partial charge in [0.15, 0.2) is 6.10 Å². The van der Waals surface area contributed by atoms with Gasteiger partial charge >= 0.3 is 5.97 Å². The van der Waals surface area contributed by atoms with Crippen LogP contribution in [0.5, 0.6) is 0 Å². The molecule has 1 fully saturated rings. The van der Waals surface area contributed by atoms with Crippen LogP contribution in [-0.2, 0) is 20.9 Å². The molecule has 0 aliphatic carbocycles. The minimum absolute atomic E-state index is 0.0671. The molecule has 5 heteroatoms. The van der Waals surface area contributed by atoms with Gasteiger partial charge in [-0.25, -0.2) is 4.79 Å². The number of amides is 1. The van der Waals surface area contributed by atoms with Gasteiger partial charge in [0.05, 0.1) is 6.61 Å². The summed E-state index contributed by atoms with van der Waals surface area (Å²) in [4.78, 5) is 25.8. The van der Waals surface area contributed by atoms with Crippen molar-refractivity contribution < 1.29 is 19.1 Å². The lowest BCUT2D eigenvalue weighted by atomic mass is 10.1. The summed E-state index contributed by atoms with van der Waals surface area (Å²) in [6, 6.07) is 7.18. The number of nitrogens with zero attached hydrogens (tertiary/aromatic N) is 1. The van der Waals surface area contributed by atoms with Gasteiger partial charge < -0.3 is 14.4 Å². The normalized spacial score (nSPS) is 15.3. The van der Waals surface area contributed by atoms with Gasteiger partial charge in [-0.15, -0.1) is 6.58 Å². The van der Waals surface area contributed by atoms with Gasteiger partial charge in [0.1, 0.15) is 6.61 Å². The maximum absolute atomic E-state index is 12.2. The van der Waals surface area contributed by atoms with E-state index < -0.39 is 12.1 Å². The summed E-state index contributed by atoms with van der Waals surface area (Å²) in [7, 11) is 0. The Bertz CT molecular complexity index is 547. The predicted molar refractivity (Wildman–Crippen MR) is 87.0 cm³/mol. The van der Waals surface area contributed by atoms with Gasteiger partial charge in [-0.3, -0.25) is 4.79 Å². The van der Waals surface area contributed by atoms with Crippen molar-refractivity contribution in [2.75, 3.05) is 19.7 Å². The molecule has 1 aliphatic rings. The molecule has 1 unspecified atom stereocenters. The average Bonchev–Trinajstić information content (AvgIpc) is 3.11. The summed E-state index contributed by atoms with van der Waals surface area (Å²) in [5.74, 6) is -0.346. The number of hydrogen-bond donors (Lipinski definition) is 0. The van der Waals surface area contributed by atoms with Crippen LogP contribution < -0.4 is 0 Å². The zero-order valence-electron chi connectivity index (χ0n) is 13.5. The van der Waals surface area contributed by atoms with E-state index in [0.29, 0.717) is 12.2 Å². The highest BCUT2D eigenvalue weighted by Gasteiger charge is 2.19. The molecule has 0 bridgehead atoms. The molecule has 1 amide bonds. The Morgan fingerprint density at radius 2 is 1.91 bits per heavy atom. The first-order valence-electron chi connectivity index (χ1n) is 7.89. The minimum Gasteiger partial charge on any atom is -0.459 e. The molecule has 23 heavy (non-hydrogen) atoms. The average molecular weight is 317 g/mol. The Morgan fingerprint density at radius 3 is 2.52 bits per heavy atom. The Balaban J connectivity index is 1.83. The number of carbonyl (C=O) groups excluding carboxylic acids is 2. The standard InChI is InChI=1S/C18H23NO4/c1-3-12-22-14(2)18(21)23-13-15-6-8-16(9-7-15)17(20)19-10-4-5-11-19/h3,6-9,14H,1,4-5,10-13H2,2H3. The van der Waals surface area contributed by atoms with E-state index in [2.05, 4.69) is 6.58 Å². The van der Waals surface area contributed by atoms with Crippen LogP contribution in [0.15, 0.2) is 36.9 Å². The number of rotatable bonds is 7. The quantitative estimate of drug-likeness (QED) is 0.573. The molecule has 1 aromatic carbocycles. The van der Waals surface area contributed by atoms with Gasteiger partial charge in [0, 0.05) is 18.7 Å². The lowest BCUT2D eigenvalue weighted by Crippen LogP contribution is -2.27. The van der Waals surface area contributed by atoms with Crippen molar-refractivity contribution in [3.8, 4) is 0 Å². The van der Waals surface area contributed by atoms with Crippen molar-refractivity contribution in [3.05, 3.63) is 48.0 Å². The summed E-state index contributed by atoms with van der Waals surface area (Å²) < 4.78 is 10.4. The fraction of sp³-hybridized carbons (Fsp3) is 0.444. The first-order valence-corrected chi connectivity index (χ1v) is 7.89. The first-order chi connectivity index (χ1) is 11.1. The van der Waals surface area contributed by atoms with Crippen molar-refractivity contribution in [2.24, 2.45) is 0 Å². The molecular formula is C18H23NO4. The van der Waals surface area contributed by atoms with Gasteiger partial charge in [0.2, 0.25) is 0 Å². The van der Waals surface area contributed by atoms with E-state index in [9.17, 15) is 9.59 Å². The second-order valence-electron chi connectivity index (χ2n) is 5.57. The molecule has 0 radical (unpaired) electrons. The largest absolute Gasteiger partial charge is 0.459 e. The molecule has 1 aliphatic heterocycles. The van der Waals surface area contributed by atoms with Crippen molar-refractivity contribution >= 4 is 11.9 Å². The molecule has 1 saturated heterocycles. The molecule has 1 heterocycles. The lowest BCUT2D eigenvalue weighted by Gasteiger charge is -2.15. The zero-order valence-corrected chi connectivity index (χ0v) is 13.5. The lowest BCUT2D eigenvalue weighted by molar-refractivity contribution is -0.156. The number of benzene rings is 1. The number of ether oxygens (including phenoxy) is 2. The Morgan fingerprint density at radius 1 is 1.26 bits per heavy atom. The second kappa shape index (κ2) is 8.48. The van der Waals surface area contributed by atoms with E-state index in [-0.39, 0.29) is 12.5 Å². The van der Waals surface area contributed by atoms with Crippen molar-refractivity contribution in [1.29, 1.82) is 0 Å². The third kappa shape index (κ3) is 4.93. The van der Waals surface area contributed by atoms with E-state index in [0.717, 1.165) is 31.5 Å². The van der Waals surface area contributed by atoms with Gasteiger partial charge in [-0.05, 0) is 37.5 Å². The Labute approximate surface area is 136 Å². The molecule has 0 spiro atoms. The molecule has 124 valence electrons. The van der Waals surface area contributed by atoms with Gasteiger partial charge in [0.25, 0.3) is 5.91 Å².